The van der Waals surface area contributed by atoms with Crippen LogP contribution in [0.5, 0.6) is 0 Å². The Bertz CT molecular complexity index is 1040. The highest BCUT2D eigenvalue weighted by molar-refractivity contribution is 7.47. The fourth-order valence-electron chi connectivity index (χ4n) is 2.80. The molecule has 1 amide bonds. The highest BCUT2D eigenvalue weighted by atomic mass is 31.2. The standard InChI is InChI=1S/C15H21N6O8P/c1-2-10(23)17-3-4-27-30(25,26)28-6-9-8(22)5-11(29-9)21-7-18-12-13(21)19-15(16)20-14(12)24/h2,7-9,11,22H,1,3-6H2,(H,17,23)(H,25,26)(H3,16,19,20,24)/t8-,9+,11+/m0/s1. The number of aliphatic hydroxyl groups is 1. The normalized spacial score (nSPS) is 23.3. The van der Waals surface area contributed by atoms with Crippen LogP contribution in [-0.2, 0) is 23.1 Å². The minimum Gasteiger partial charge on any atom is -0.390 e. The molecule has 1 unspecified atom stereocenters. The van der Waals surface area contributed by atoms with Crippen LogP contribution in [0.2, 0.25) is 0 Å². The van der Waals surface area contributed by atoms with E-state index >= 15 is 0 Å². The van der Waals surface area contributed by atoms with Gasteiger partial charge in [0.2, 0.25) is 11.9 Å². The number of amides is 1. The first-order chi connectivity index (χ1) is 14.2. The molecule has 6 N–H and O–H groups in total. The number of rotatable bonds is 9. The number of imidazole rings is 1. The number of fused-ring (bicyclic) bond motifs is 1. The SMILES string of the molecule is C=CC(=O)NCCOP(=O)(O)OC[C@H]1O[C@@H](n2cnc3c(=O)[nH]c(N)nc32)C[C@@H]1O. The van der Waals surface area contributed by atoms with Crippen molar-refractivity contribution in [3.05, 3.63) is 29.3 Å². The van der Waals surface area contributed by atoms with Gasteiger partial charge in [-0.25, -0.2) is 9.55 Å². The monoisotopic (exact) mass is 444 g/mol. The molecular formula is C15H21N6O8P. The predicted molar refractivity (Wildman–Crippen MR) is 102 cm³/mol. The molecule has 15 heteroatoms. The van der Waals surface area contributed by atoms with Crippen LogP contribution < -0.4 is 16.6 Å². The Balaban J connectivity index is 1.57. The lowest BCUT2D eigenvalue weighted by Gasteiger charge is -2.18. The van der Waals surface area contributed by atoms with Gasteiger partial charge in [-0.2, -0.15) is 4.98 Å². The molecule has 1 aliphatic rings. The number of carbonyl (C=O) groups excluding carboxylic acids is 1. The van der Waals surface area contributed by atoms with Gasteiger partial charge >= 0.3 is 7.82 Å². The van der Waals surface area contributed by atoms with Crippen LogP contribution in [0.25, 0.3) is 11.2 Å². The van der Waals surface area contributed by atoms with Gasteiger partial charge < -0.3 is 25.8 Å². The van der Waals surface area contributed by atoms with Crippen molar-refractivity contribution in [2.75, 3.05) is 25.5 Å². The summed E-state index contributed by atoms with van der Waals surface area (Å²) in [6, 6.07) is 0. The van der Waals surface area contributed by atoms with Crippen molar-refractivity contribution in [3.63, 3.8) is 0 Å². The smallest absolute Gasteiger partial charge is 0.390 e. The quantitative estimate of drug-likeness (QED) is 0.176. The van der Waals surface area contributed by atoms with Crippen LogP contribution in [0.1, 0.15) is 12.6 Å². The number of hydrogen-bond acceptors (Lipinski definition) is 10. The fraction of sp³-hybridized carbons (Fsp3) is 0.467. The number of aromatic amines is 1. The summed E-state index contributed by atoms with van der Waals surface area (Å²) in [6.07, 6.45) is -0.258. The number of H-pyrrole nitrogens is 1. The third kappa shape index (κ3) is 5.11. The lowest BCUT2D eigenvalue weighted by atomic mass is 10.2. The number of aromatic nitrogens is 4. The van der Waals surface area contributed by atoms with E-state index in [9.17, 15) is 24.2 Å². The minimum absolute atomic E-state index is 0.0215. The number of phosphoric ester groups is 1. The van der Waals surface area contributed by atoms with Crippen LogP contribution in [0.4, 0.5) is 5.95 Å². The van der Waals surface area contributed by atoms with Gasteiger partial charge in [0, 0.05) is 13.0 Å². The number of hydrogen-bond donors (Lipinski definition) is 5. The summed E-state index contributed by atoms with van der Waals surface area (Å²) in [5.74, 6) is -0.554. The first kappa shape index (κ1) is 22.1. The Hall–Kier alpha value is -2.61. The fourth-order valence-corrected chi connectivity index (χ4v) is 3.53. The lowest BCUT2D eigenvalue weighted by Crippen LogP contribution is -2.27. The van der Waals surface area contributed by atoms with E-state index in [1.807, 2.05) is 0 Å². The molecule has 0 aliphatic carbocycles. The maximum Gasteiger partial charge on any atom is 0.472 e. The van der Waals surface area contributed by atoms with Gasteiger partial charge in [0.25, 0.3) is 5.56 Å². The number of anilines is 1. The van der Waals surface area contributed by atoms with E-state index in [2.05, 4.69) is 26.8 Å². The molecule has 1 saturated heterocycles. The third-order valence-electron chi connectivity index (χ3n) is 4.21. The highest BCUT2D eigenvalue weighted by Gasteiger charge is 2.38. The Kier molecular flexibility index (Phi) is 6.65. The Morgan fingerprint density at radius 1 is 1.57 bits per heavy atom. The van der Waals surface area contributed by atoms with E-state index in [0.29, 0.717) is 0 Å². The van der Waals surface area contributed by atoms with Crippen molar-refractivity contribution in [3.8, 4) is 0 Å². The Morgan fingerprint density at radius 3 is 3.07 bits per heavy atom. The molecule has 0 bridgehead atoms. The van der Waals surface area contributed by atoms with Gasteiger partial charge in [-0.3, -0.25) is 28.2 Å². The van der Waals surface area contributed by atoms with Crippen molar-refractivity contribution in [2.24, 2.45) is 0 Å². The zero-order valence-corrected chi connectivity index (χ0v) is 16.5. The van der Waals surface area contributed by atoms with E-state index in [0.717, 1.165) is 6.08 Å². The largest absolute Gasteiger partial charge is 0.472 e. The van der Waals surface area contributed by atoms with Crippen LogP contribution in [0.3, 0.4) is 0 Å². The summed E-state index contributed by atoms with van der Waals surface area (Å²) < 4.78 is 28.6. The van der Waals surface area contributed by atoms with Gasteiger partial charge in [0.15, 0.2) is 11.2 Å². The Labute approximate surface area is 169 Å². The molecule has 0 saturated carbocycles. The van der Waals surface area contributed by atoms with Crippen molar-refractivity contribution in [1.82, 2.24) is 24.8 Å². The summed E-state index contributed by atoms with van der Waals surface area (Å²) in [5.41, 5.74) is 5.27. The van der Waals surface area contributed by atoms with Crippen LogP contribution in [-0.4, -0.2) is 67.4 Å². The molecule has 2 aromatic heterocycles. The van der Waals surface area contributed by atoms with E-state index in [1.54, 1.807) is 0 Å². The number of nitrogens with one attached hydrogen (secondary N) is 2. The zero-order valence-electron chi connectivity index (χ0n) is 15.6. The Morgan fingerprint density at radius 2 is 2.33 bits per heavy atom. The van der Waals surface area contributed by atoms with Crippen molar-refractivity contribution < 1.29 is 33.1 Å². The van der Waals surface area contributed by atoms with Crippen molar-refractivity contribution >= 4 is 30.8 Å². The summed E-state index contributed by atoms with van der Waals surface area (Å²) in [4.78, 5) is 42.9. The first-order valence-electron chi connectivity index (χ1n) is 8.78. The molecule has 2 aromatic rings. The molecule has 164 valence electrons. The van der Waals surface area contributed by atoms with Gasteiger partial charge in [-0.05, 0) is 6.08 Å². The van der Waals surface area contributed by atoms with Gasteiger partial charge in [0.1, 0.15) is 12.3 Å². The minimum atomic E-state index is -4.43. The maximum atomic E-state index is 11.9. The van der Waals surface area contributed by atoms with Gasteiger partial charge in [0.05, 0.1) is 25.6 Å². The van der Waals surface area contributed by atoms with E-state index in [4.69, 9.17) is 19.5 Å². The zero-order chi connectivity index (χ0) is 21.9. The number of aliphatic hydroxyl groups excluding tert-OH is 1. The molecule has 1 fully saturated rings. The van der Waals surface area contributed by atoms with Crippen molar-refractivity contribution in [2.45, 2.75) is 24.9 Å². The van der Waals surface area contributed by atoms with E-state index in [-0.39, 0.29) is 36.7 Å². The number of nitrogen functional groups attached to an aromatic ring is 1. The molecule has 0 spiro atoms. The summed E-state index contributed by atoms with van der Waals surface area (Å²) in [7, 11) is -4.43. The highest BCUT2D eigenvalue weighted by Crippen LogP contribution is 2.44. The molecular weight excluding hydrogens is 423 g/mol. The molecule has 3 heterocycles. The summed E-state index contributed by atoms with van der Waals surface area (Å²) in [5, 5.41) is 12.6. The second-order valence-electron chi connectivity index (χ2n) is 6.30. The number of ether oxygens (including phenoxy) is 1. The van der Waals surface area contributed by atoms with E-state index < -0.39 is 44.3 Å². The van der Waals surface area contributed by atoms with E-state index in [1.165, 1.54) is 10.9 Å². The molecule has 4 atom stereocenters. The lowest BCUT2D eigenvalue weighted by molar-refractivity contribution is -0.116. The molecule has 1 aliphatic heterocycles. The number of carbonyl (C=O) groups is 1. The summed E-state index contributed by atoms with van der Waals surface area (Å²) >= 11 is 0. The second-order valence-corrected chi connectivity index (χ2v) is 7.75. The average molecular weight is 444 g/mol. The molecule has 0 radical (unpaired) electrons. The molecule has 30 heavy (non-hydrogen) atoms. The van der Waals surface area contributed by atoms with Crippen LogP contribution >= 0.6 is 7.82 Å². The van der Waals surface area contributed by atoms with Crippen LogP contribution in [0.15, 0.2) is 23.8 Å². The summed E-state index contributed by atoms with van der Waals surface area (Å²) in [6.45, 7) is 2.54. The number of nitrogens with two attached hydrogens (primary N) is 1. The second kappa shape index (κ2) is 9.04. The number of phosphoric acid groups is 1. The first-order valence-corrected chi connectivity index (χ1v) is 10.3. The number of nitrogens with zero attached hydrogens (tertiary/aromatic N) is 3. The average Bonchev–Trinajstić information content (AvgIpc) is 3.26. The predicted octanol–water partition coefficient (Wildman–Crippen LogP) is -1.21. The molecule has 14 nitrogen and oxygen atoms in total. The maximum absolute atomic E-state index is 11.9. The van der Waals surface area contributed by atoms with Crippen molar-refractivity contribution in [1.29, 1.82) is 0 Å². The van der Waals surface area contributed by atoms with Gasteiger partial charge in [-0.1, -0.05) is 6.58 Å². The third-order valence-corrected chi connectivity index (χ3v) is 5.19. The van der Waals surface area contributed by atoms with Crippen LogP contribution in [0, 0.1) is 0 Å². The van der Waals surface area contributed by atoms with Gasteiger partial charge in [-0.15, -0.1) is 0 Å². The molecule has 0 aromatic carbocycles. The molecule has 3 rings (SSSR count). The topological polar surface area (TPSA) is 204 Å².